The summed E-state index contributed by atoms with van der Waals surface area (Å²) >= 11 is 17.5. The molecule has 2 rings (SSSR count). The summed E-state index contributed by atoms with van der Waals surface area (Å²) in [5.74, 6) is -0.553. The number of amides is 1. The topological polar surface area (TPSA) is 55.4 Å². The van der Waals surface area contributed by atoms with Crippen molar-refractivity contribution in [1.82, 2.24) is 5.32 Å². The maximum Gasteiger partial charge on any atom is 0.312 e. The normalized spacial score (nSPS) is 10.2. The van der Waals surface area contributed by atoms with E-state index in [0.717, 1.165) is 0 Å². The van der Waals surface area contributed by atoms with Crippen molar-refractivity contribution < 1.29 is 14.3 Å². The fourth-order valence-electron chi connectivity index (χ4n) is 1.74. The number of carbonyl (C=O) groups excluding carboxylic acids is 2. The number of hydrogen-bond donors (Lipinski definition) is 1. The molecule has 0 atom stereocenters. The Morgan fingerprint density at radius 3 is 2.39 bits per heavy atom. The van der Waals surface area contributed by atoms with Crippen molar-refractivity contribution in [2.45, 2.75) is 6.42 Å². The van der Waals surface area contributed by atoms with E-state index in [0.29, 0.717) is 26.4 Å². The molecule has 0 aromatic heterocycles. The van der Waals surface area contributed by atoms with Crippen molar-refractivity contribution in [3.63, 3.8) is 0 Å². The maximum absolute atomic E-state index is 11.9. The van der Waals surface area contributed by atoms with Crippen molar-refractivity contribution in [2.75, 3.05) is 6.54 Å². The van der Waals surface area contributed by atoms with E-state index in [1.807, 2.05) is 0 Å². The van der Waals surface area contributed by atoms with Gasteiger partial charge in [-0.05, 0) is 24.3 Å². The summed E-state index contributed by atoms with van der Waals surface area (Å²) in [5, 5.41) is 3.62. The number of carbonyl (C=O) groups is 2. The van der Waals surface area contributed by atoms with Crippen molar-refractivity contribution in [2.24, 2.45) is 0 Å². The molecule has 120 valence electrons. The van der Waals surface area contributed by atoms with Crippen LogP contribution in [0.15, 0.2) is 42.5 Å². The molecule has 0 aliphatic carbocycles. The van der Waals surface area contributed by atoms with Crippen LogP contribution in [0.2, 0.25) is 15.1 Å². The van der Waals surface area contributed by atoms with Gasteiger partial charge in [0.05, 0.1) is 27.1 Å². The van der Waals surface area contributed by atoms with Gasteiger partial charge in [-0.2, -0.15) is 0 Å². The summed E-state index contributed by atoms with van der Waals surface area (Å²) in [6.45, 7) is 0.129. The Kier molecular flexibility index (Phi) is 6.28. The van der Waals surface area contributed by atoms with Crippen molar-refractivity contribution in [1.29, 1.82) is 0 Å². The fourth-order valence-corrected chi connectivity index (χ4v) is 2.25. The lowest BCUT2D eigenvalue weighted by Gasteiger charge is -2.07. The summed E-state index contributed by atoms with van der Waals surface area (Å²) in [6, 6.07) is 11.2. The molecule has 1 N–H and O–H groups in total. The number of ether oxygens (including phenoxy) is 1. The Morgan fingerprint density at radius 2 is 1.70 bits per heavy atom. The van der Waals surface area contributed by atoms with E-state index in [9.17, 15) is 9.59 Å². The Bertz CT molecular complexity index is 734. The third kappa shape index (κ3) is 5.13. The highest BCUT2D eigenvalue weighted by molar-refractivity contribution is 6.42. The Balaban J connectivity index is 1.82. The van der Waals surface area contributed by atoms with Crippen LogP contribution in [0.5, 0.6) is 5.75 Å². The van der Waals surface area contributed by atoms with Crippen LogP contribution in [-0.4, -0.2) is 18.4 Å². The molecule has 4 nitrogen and oxygen atoms in total. The Labute approximate surface area is 148 Å². The molecule has 2 aromatic carbocycles. The number of benzene rings is 2. The molecule has 0 unspecified atom stereocenters. The number of esters is 1. The first-order valence-electron chi connectivity index (χ1n) is 6.66. The molecule has 0 aliphatic rings. The second kappa shape index (κ2) is 8.20. The van der Waals surface area contributed by atoms with Gasteiger partial charge in [-0.3, -0.25) is 9.59 Å². The van der Waals surface area contributed by atoms with E-state index in [2.05, 4.69) is 5.32 Å². The van der Waals surface area contributed by atoms with Crippen molar-refractivity contribution >= 4 is 46.7 Å². The standard InChI is InChI=1S/C16H12Cl3NO3/c17-12-4-2-1-3-11(12)16(22)20-8-7-15(21)23-10-5-6-13(18)14(19)9-10/h1-6,9H,7-8H2,(H,20,22). The molecule has 0 saturated heterocycles. The van der Waals surface area contributed by atoms with Gasteiger partial charge in [-0.25, -0.2) is 0 Å². The van der Waals surface area contributed by atoms with E-state index >= 15 is 0 Å². The SMILES string of the molecule is O=C(CCNC(=O)c1ccccc1Cl)Oc1ccc(Cl)c(Cl)c1. The van der Waals surface area contributed by atoms with Gasteiger partial charge >= 0.3 is 5.97 Å². The lowest BCUT2D eigenvalue weighted by molar-refractivity contribution is -0.134. The fraction of sp³-hybridized carbons (Fsp3) is 0.125. The number of rotatable bonds is 5. The predicted molar refractivity (Wildman–Crippen MR) is 90.5 cm³/mol. The zero-order valence-electron chi connectivity index (χ0n) is 11.8. The highest BCUT2D eigenvalue weighted by Gasteiger charge is 2.11. The van der Waals surface area contributed by atoms with Gasteiger partial charge < -0.3 is 10.1 Å². The van der Waals surface area contributed by atoms with E-state index in [-0.39, 0.29) is 18.9 Å². The largest absolute Gasteiger partial charge is 0.426 e. The average Bonchev–Trinajstić information content (AvgIpc) is 2.51. The third-order valence-corrected chi connectivity index (χ3v) is 3.92. The van der Waals surface area contributed by atoms with Crippen LogP contribution in [0, 0.1) is 0 Å². The molecular formula is C16H12Cl3NO3. The summed E-state index contributed by atoms with van der Waals surface area (Å²) in [5.41, 5.74) is 0.354. The quantitative estimate of drug-likeness (QED) is 0.626. The minimum Gasteiger partial charge on any atom is -0.426 e. The first kappa shape index (κ1) is 17.6. The van der Waals surface area contributed by atoms with Gasteiger partial charge in [0.25, 0.3) is 5.91 Å². The Morgan fingerprint density at radius 1 is 0.957 bits per heavy atom. The molecule has 0 aliphatic heterocycles. The maximum atomic E-state index is 11.9. The van der Waals surface area contributed by atoms with Gasteiger partial charge in [-0.15, -0.1) is 0 Å². The van der Waals surface area contributed by atoms with Gasteiger partial charge in [0.2, 0.25) is 0 Å². The highest BCUT2D eigenvalue weighted by atomic mass is 35.5. The van der Waals surface area contributed by atoms with Gasteiger partial charge in [0.1, 0.15) is 5.75 Å². The molecule has 0 spiro atoms. The minimum atomic E-state index is -0.497. The first-order chi connectivity index (χ1) is 11.0. The lowest BCUT2D eigenvalue weighted by atomic mass is 10.2. The molecule has 7 heteroatoms. The van der Waals surface area contributed by atoms with Crippen LogP contribution in [0.3, 0.4) is 0 Å². The molecule has 0 saturated carbocycles. The van der Waals surface area contributed by atoms with Gasteiger partial charge in [-0.1, -0.05) is 46.9 Å². The van der Waals surface area contributed by atoms with Crippen LogP contribution < -0.4 is 10.1 Å². The first-order valence-corrected chi connectivity index (χ1v) is 7.79. The van der Waals surface area contributed by atoms with Crippen molar-refractivity contribution in [3.05, 3.63) is 63.1 Å². The zero-order chi connectivity index (χ0) is 16.8. The van der Waals surface area contributed by atoms with E-state index in [1.54, 1.807) is 24.3 Å². The van der Waals surface area contributed by atoms with Crippen LogP contribution in [-0.2, 0) is 4.79 Å². The summed E-state index contributed by atoms with van der Waals surface area (Å²) in [7, 11) is 0. The second-order valence-corrected chi connectivity index (χ2v) is 5.76. The summed E-state index contributed by atoms with van der Waals surface area (Å²) in [6.07, 6.45) is 0.0104. The lowest BCUT2D eigenvalue weighted by Crippen LogP contribution is -2.27. The van der Waals surface area contributed by atoms with E-state index in [4.69, 9.17) is 39.5 Å². The molecule has 1 amide bonds. The molecular weight excluding hydrogens is 361 g/mol. The van der Waals surface area contributed by atoms with Crippen molar-refractivity contribution in [3.8, 4) is 5.75 Å². The third-order valence-electron chi connectivity index (χ3n) is 2.86. The zero-order valence-corrected chi connectivity index (χ0v) is 14.1. The highest BCUT2D eigenvalue weighted by Crippen LogP contribution is 2.26. The summed E-state index contributed by atoms with van der Waals surface area (Å²) in [4.78, 5) is 23.6. The summed E-state index contributed by atoms with van der Waals surface area (Å²) < 4.78 is 5.10. The minimum absolute atomic E-state index is 0.0104. The van der Waals surface area contributed by atoms with Crippen LogP contribution in [0.1, 0.15) is 16.8 Å². The van der Waals surface area contributed by atoms with E-state index in [1.165, 1.54) is 18.2 Å². The molecule has 0 fully saturated rings. The second-order valence-electron chi connectivity index (χ2n) is 4.54. The molecule has 2 aromatic rings. The van der Waals surface area contributed by atoms with Crippen LogP contribution in [0.4, 0.5) is 0 Å². The number of nitrogens with one attached hydrogen (secondary N) is 1. The monoisotopic (exact) mass is 371 g/mol. The van der Waals surface area contributed by atoms with E-state index < -0.39 is 5.97 Å². The number of halogens is 3. The predicted octanol–water partition coefficient (Wildman–Crippen LogP) is 4.37. The molecule has 0 radical (unpaired) electrons. The molecule has 0 heterocycles. The van der Waals surface area contributed by atoms with Gasteiger partial charge in [0.15, 0.2) is 0 Å². The molecule has 0 bridgehead atoms. The van der Waals surface area contributed by atoms with Crippen LogP contribution in [0.25, 0.3) is 0 Å². The van der Waals surface area contributed by atoms with Crippen LogP contribution >= 0.6 is 34.8 Å². The smallest absolute Gasteiger partial charge is 0.312 e. The average molecular weight is 373 g/mol. The number of hydrogen-bond acceptors (Lipinski definition) is 3. The van der Waals surface area contributed by atoms with Gasteiger partial charge in [0, 0.05) is 12.6 Å². The Hall–Kier alpha value is -1.75. The molecule has 23 heavy (non-hydrogen) atoms.